The normalized spacial score (nSPS) is 18.9. The molecule has 0 spiro atoms. The van der Waals surface area contributed by atoms with E-state index in [1.807, 2.05) is 45.0 Å². The van der Waals surface area contributed by atoms with E-state index in [1.54, 1.807) is 6.20 Å². The van der Waals surface area contributed by atoms with Crippen LogP contribution in [-0.2, 0) is 4.79 Å². The summed E-state index contributed by atoms with van der Waals surface area (Å²) >= 11 is 0. The predicted octanol–water partition coefficient (Wildman–Crippen LogP) is 3.49. The van der Waals surface area contributed by atoms with E-state index in [2.05, 4.69) is 25.2 Å². The van der Waals surface area contributed by atoms with Crippen LogP contribution in [0.25, 0.3) is 0 Å². The number of anilines is 1. The Bertz CT molecular complexity index is 1070. The van der Waals surface area contributed by atoms with Crippen LogP contribution in [0, 0.1) is 6.92 Å². The monoisotopic (exact) mass is 417 g/mol. The molecule has 1 aliphatic heterocycles. The summed E-state index contributed by atoms with van der Waals surface area (Å²) in [4.78, 5) is 40.7. The van der Waals surface area contributed by atoms with Crippen molar-refractivity contribution in [2.75, 3.05) is 18.0 Å². The molecule has 0 saturated carbocycles. The molecule has 2 aliphatic rings. The summed E-state index contributed by atoms with van der Waals surface area (Å²) in [6, 6.07) is 6.06. The van der Waals surface area contributed by atoms with Gasteiger partial charge in [-0.1, -0.05) is 17.7 Å². The second-order valence-corrected chi connectivity index (χ2v) is 8.21. The average Bonchev–Trinajstić information content (AvgIpc) is 3.23. The van der Waals surface area contributed by atoms with Gasteiger partial charge in [0, 0.05) is 36.8 Å². The Morgan fingerprint density at radius 2 is 2.03 bits per heavy atom. The van der Waals surface area contributed by atoms with Gasteiger partial charge in [0.1, 0.15) is 17.8 Å². The van der Waals surface area contributed by atoms with Gasteiger partial charge in [0.15, 0.2) is 5.78 Å². The third-order valence-corrected chi connectivity index (χ3v) is 5.97. The molecule has 1 amide bonds. The summed E-state index contributed by atoms with van der Waals surface area (Å²) in [6.45, 7) is 6.78. The second-order valence-electron chi connectivity index (χ2n) is 8.21. The molecule has 7 nitrogen and oxygen atoms in total. The summed E-state index contributed by atoms with van der Waals surface area (Å²) in [5.74, 6) is 0.526. The average molecular weight is 418 g/mol. The van der Waals surface area contributed by atoms with Gasteiger partial charge in [-0.2, -0.15) is 0 Å². The highest BCUT2D eigenvalue weighted by Crippen LogP contribution is 2.36. The first-order valence-electron chi connectivity index (χ1n) is 10.6. The van der Waals surface area contributed by atoms with Crippen molar-refractivity contribution < 1.29 is 9.59 Å². The quantitative estimate of drug-likeness (QED) is 0.801. The summed E-state index contributed by atoms with van der Waals surface area (Å²) in [7, 11) is 0. The van der Waals surface area contributed by atoms with Gasteiger partial charge in [-0.3, -0.25) is 14.6 Å². The Labute approximate surface area is 182 Å². The lowest BCUT2D eigenvalue weighted by Crippen LogP contribution is -2.31. The van der Waals surface area contributed by atoms with E-state index in [1.165, 1.54) is 6.33 Å². The second kappa shape index (κ2) is 8.79. The first-order valence-corrected chi connectivity index (χ1v) is 10.6. The summed E-state index contributed by atoms with van der Waals surface area (Å²) in [5.41, 5.74) is 4.68. The maximum atomic E-state index is 12.9. The van der Waals surface area contributed by atoms with Gasteiger partial charge < -0.3 is 10.2 Å². The van der Waals surface area contributed by atoms with Gasteiger partial charge in [-0.25, -0.2) is 9.97 Å². The van der Waals surface area contributed by atoms with E-state index in [9.17, 15) is 9.59 Å². The van der Waals surface area contributed by atoms with E-state index in [-0.39, 0.29) is 24.3 Å². The maximum absolute atomic E-state index is 12.9. The minimum atomic E-state index is -0.297. The number of hydrogen-bond donors (Lipinski definition) is 1. The molecule has 2 aromatic rings. The van der Waals surface area contributed by atoms with Gasteiger partial charge >= 0.3 is 0 Å². The Morgan fingerprint density at radius 1 is 1.19 bits per heavy atom. The molecular formula is C24H27N5O2. The van der Waals surface area contributed by atoms with E-state index < -0.39 is 0 Å². The highest BCUT2D eigenvalue weighted by Gasteiger charge is 2.30. The smallest absolute Gasteiger partial charge is 0.270 e. The Kier molecular flexibility index (Phi) is 5.93. The zero-order valence-corrected chi connectivity index (χ0v) is 18.2. The van der Waals surface area contributed by atoms with Crippen LogP contribution in [-0.4, -0.2) is 39.7 Å². The molecule has 0 radical (unpaired) electrons. The SMILES string of the molecule is CC1=CC(C)=C(CNC(=O)c2ncnc(N3CCC[C@@H]3c3ccccn3)c2C)C(=O)C1. The van der Waals surface area contributed by atoms with Gasteiger partial charge in [0.05, 0.1) is 11.7 Å². The van der Waals surface area contributed by atoms with E-state index >= 15 is 0 Å². The van der Waals surface area contributed by atoms with Crippen molar-refractivity contribution in [1.82, 2.24) is 20.3 Å². The lowest BCUT2D eigenvalue weighted by atomic mass is 9.92. The van der Waals surface area contributed by atoms with Gasteiger partial charge in [0.25, 0.3) is 5.91 Å². The topological polar surface area (TPSA) is 88.1 Å². The molecule has 0 aromatic carbocycles. The van der Waals surface area contributed by atoms with Crippen LogP contribution in [0.4, 0.5) is 5.82 Å². The van der Waals surface area contributed by atoms with E-state index in [4.69, 9.17) is 0 Å². The van der Waals surface area contributed by atoms with Crippen LogP contribution < -0.4 is 10.2 Å². The van der Waals surface area contributed by atoms with Crippen molar-refractivity contribution in [2.45, 2.75) is 46.1 Å². The lowest BCUT2D eigenvalue weighted by Gasteiger charge is -2.27. The molecule has 160 valence electrons. The molecular weight excluding hydrogens is 390 g/mol. The zero-order valence-electron chi connectivity index (χ0n) is 18.2. The number of nitrogens with one attached hydrogen (secondary N) is 1. The molecule has 2 aromatic heterocycles. The Morgan fingerprint density at radius 3 is 2.77 bits per heavy atom. The number of allylic oxidation sites excluding steroid dienone is 3. The lowest BCUT2D eigenvalue weighted by molar-refractivity contribution is -0.115. The molecule has 31 heavy (non-hydrogen) atoms. The molecule has 1 atom stereocenters. The number of aromatic nitrogens is 3. The molecule has 1 N–H and O–H groups in total. The van der Waals surface area contributed by atoms with Crippen LogP contribution in [0.3, 0.4) is 0 Å². The third-order valence-electron chi connectivity index (χ3n) is 5.97. The fourth-order valence-electron chi connectivity index (χ4n) is 4.44. The number of nitrogens with zero attached hydrogens (tertiary/aromatic N) is 4. The molecule has 1 fully saturated rings. The number of Topliss-reactive ketones (excluding diaryl/α,β-unsaturated/α-hetero) is 1. The molecule has 0 unspecified atom stereocenters. The van der Waals surface area contributed by atoms with Crippen molar-refractivity contribution in [1.29, 1.82) is 0 Å². The molecule has 0 bridgehead atoms. The van der Waals surface area contributed by atoms with Crippen molar-refractivity contribution in [3.63, 3.8) is 0 Å². The fourth-order valence-corrected chi connectivity index (χ4v) is 4.44. The Hall–Kier alpha value is -3.35. The molecule has 4 rings (SSSR count). The first-order chi connectivity index (χ1) is 15.0. The van der Waals surface area contributed by atoms with Crippen LogP contribution in [0.15, 0.2) is 53.5 Å². The molecule has 1 aliphatic carbocycles. The number of hydrogen-bond acceptors (Lipinski definition) is 6. The van der Waals surface area contributed by atoms with Crippen LogP contribution in [0.5, 0.6) is 0 Å². The zero-order chi connectivity index (χ0) is 22.0. The Balaban J connectivity index is 1.54. The summed E-state index contributed by atoms with van der Waals surface area (Å²) in [6.07, 6.45) is 7.68. The first kappa shape index (κ1) is 20.9. The number of rotatable bonds is 5. The number of amides is 1. The van der Waals surface area contributed by atoms with Crippen molar-refractivity contribution in [3.8, 4) is 0 Å². The number of pyridine rings is 1. The van der Waals surface area contributed by atoms with Gasteiger partial charge in [0.2, 0.25) is 0 Å². The highest BCUT2D eigenvalue weighted by atomic mass is 16.2. The van der Waals surface area contributed by atoms with Crippen molar-refractivity contribution >= 4 is 17.5 Å². The van der Waals surface area contributed by atoms with Crippen LogP contribution in [0.1, 0.15) is 60.9 Å². The standard InChI is InChI=1S/C24H27N5O2/c1-15-11-16(2)18(21(30)12-15)13-26-24(31)22-17(3)23(28-14-27-22)29-10-6-8-20(29)19-7-4-5-9-25-19/h4-5,7,9,11,14,20H,6,8,10,12-13H2,1-3H3,(H,26,31)/t20-/m1/s1. The third kappa shape index (κ3) is 4.26. The maximum Gasteiger partial charge on any atom is 0.270 e. The summed E-state index contributed by atoms with van der Waals surface area (Å²) in [5, 5.41) is 2.88. The van der Waals surface area contributed by atoms with Crippen molar-refractivity contribution in [2.24, 2.45) is 0 Å². The number of carbonyl (C=O) groups is 2. The van der Waals surface area contributed by atoms with Gasteiger partial charge in [-0.15, -0.1) is 0 Å². The molecule has 1 saturated heterocycles. The van der Waals surface area contributed by atoms with E-state index in [0.717, 1.165) is 47.6 Å². The minimum Gasteiger partial charge on any atom is -0.348 e. The highest BCUT2D eigenvalue weighted by molar-refractivity contribution is 6.01. The summed E-state index contributed by atoms with van der Waals surface area (Å²) < 4.78 is 0. The van der Waals surface area contributed by atoms with Crippen molar-refractivity contribution in [3.05, 3.63) is 70.5 Å². The minimum absolute atomic E-state index is 0.0631. The number of carbonyl (C=O) groups excluding carboxylic acids is 2. The van der Waals surface area contributed by atoms with Gasteiger partial charge in [-0.05, 0) is 51.3 Å². The molecule has 3 heterocycles. The van der Waals surface area contributed by atoms with E-state index in [0.29, 0.717) is 17.7 Å². The predicted molar refractivity (Wildman–Crippen MR) is 119 cm³/mol. The van der Waals surface area contributed by atoms with Crippen LogP contribution in [0.2, 0.25) is 0 Å². The fraction of sp³-hybridized carbons (Fsp3) is 0.375. The van der Waals surface area contributed by atoms with Crippen LogP contribution >= 0.6 is 0 Å². The molecule has 7 heteroatoms. The number of ketones is 1. The largest absolute Gasteiger partial charge is 0.348 e.